The van der Waals surface area contributed by atoms with Gasteiger partial charge in [0.2, 0.25) is 5.69 Å². The number of hydrogen-bond acceptors (Lipinski definition) is 7. The Morgan fingerprint density at radius 2 is 2.31 bits per heavy atom. The number of nitrogens with zero attached hydrogens (tertiary/aromatic N) is 3. The predicted molar refractivity (Wildman–Crippen MR) is 94.3 cm³/mol. The molecule has 1 aromatic carbocycles. The lowest BCUT2D eigenvalue weighted by Gasteiger charge is -2.13. The van der Waals surface area contributed by atoms with E-state index in [4.69, 9.17) is 14.7 Å². The smallest absolute Gasteiger partial charge is 0.305 e. The molecule has 0 saturated carbocycles. The van der Waals surface area contributed by atoms with Crippen LogP contribution in [0.1, 0.15) is 30.7 Å². The molecule has 0 saturated heterocycles. The van der Waals surface area contributed by atoms with Crippen LogP contribution in [0, 0.1) is 21.4 Å². The molecule has 134 valence electrons. The van der Waals surface area contributed by atoms with E-state index in [1.807, 2.05) is 26.0 Å². The molecule has 1 aliphatic rings. The molecule has 26 heavy (non-hydrogen) atoms. The van der Waals surface area contributed by atoms with Crippen molar-refractivity contribution in [2.45, 2.75) is 32.9 Å². The minimum Gasteiger partial charge on any atom is -0.494 e. The van der Waals surface area contributed by atoms with Crippen LogP contribution in [0.2, 0.25) is 0 Å². The summed E-state index contributed by atoms with van der Waals surface area (Å²) in [7, 11) is 0. The van der Waals surface area contributed by atoms with E-state index in [9.17, 15) is 10.1 Å². The molecule has 2 aromatic rings. The molecule has 0 spiro atoms. The van der Waals surface area contributed by atoms with Crippen LogP contribution in [0.3, 0.4) is 0 Å². The van der Waals surface area contributed by atoms with Gasteiger partial charge in [-0.3, -0.25) is 10.1 Å². The van der Waals surface area contributed by atoms with Gasteiger partial charge in [0.25, 0.3) is 0 Å². The SMILES string of the molecule is CCOc1cc2c(cc1CNc1ccc([N+](=O)[O-])c(C#N)n1)OC(C)C2. The molecule has 3 rings (SSSR count). The number of hydrogen-bond donors (Lipinski definition) is 1. The highest BCUT2D eigenvalue weighted by Gasteiger charge is 2.22. The number of fused-ring (bicyclic) bond motifs is 1. The zero-order valence-corrected chi connectivity index (χ0v) is 14.5. The summed E-state index contributed by atoms with van der Waals surface area (Å²) in [5, 5.41) is 23.0. The van der Waals surface area contributed by atoms with Crippen molar-refractivity contribution in [1.29, 1.82) is 5.26 Å². The number of rotatable bonds is 6. The maximum atomic E-state index is 10.9. The summed E-state index contributed by atoms with van der Waals surface area (Å²) < 4.78 is 11.5. The van der Waals surface area contributed by atoms with Gasteiger partial charge in [0.1, 0.15) is 29.5 Å². The van der Waals surface area contributed by atoms with Crippen LogP contribution in [-0.4, -0.2) is 22.6 Å². The van der Waals surface area contributed by atoms with E-state index in [0.717, 1.165) is 29.0 Å². The van der Waals surface area contributed by atoms with E-state index in [-0.39, 0.29) is 17.5 Å². The second kappa shape index (κ2) is 7.27. The Bertz CT molecular complexity index is 891. The minimum atomic E-state index is -0.623. The average Bonchev–Trinajstić information content (AvgIpc) is 2.98. The first-order valence-corrected chi connectivity index (χ1v) is 8.26. The Morgan fingerprint density at radius 3 is 3.00 bits per heavy atom. The van der Waals surface area contributed by atoms with Gasteiger partial charge in [-0.1, -0.05) is 0 Å². The molecule has 0 bridgehead atoms. The Morgan fingerprint density at radius 1 is 1.50 bits per heavy atom. The molecule has 8 heteroatoms. The lowest BCUT2D eigenvalue weighted by Crippen LogP contribution is -2.06. The molecule has 1 aliphatic heterocycles. The highest BCUT2D eigenvalue weighted by atomic mass is 16.6. The number of nitriles is 1. The van der Waals surface area contributed by atoms with Crippen LogP contribution >= 0.6 is 0 Å². The second-order valence-corrected chi connectivity index (χ2v) is 5.92. The van der Waals surface area contributed by atoms with Gasteiger partial charge in [0.15, 0.2) is 0 Å². The fourth-order valence-electron chi connectivity index (χ4n) is 2.88. The van der Waals surface area contributed by atoms with Gasteiger partial charge >= 0.3 is 5.69 Å². The highest BCUT2D eigenvalue weighted by molar-refractivity contribution is 5.53. The van der Waals surface area contributed by atoms with Crippen molar-refractivity contribution in [3.05, 3.63) is 51.2 Å². The van der Waals surface area contributed by atoms with Crippen molar-refractivity contribution in [3.8, 4) is 17.6 Å². The summed E-state index contributed by atoms with van der Waals surface area (Å²) in [6, 6.07) is 8.42. The van der Waals surface area contributed by atoms with Gasteiger partial charge in [-0.05, 0) is 32.0 Å². The maximum Gasteiger partial charge on any atom is 0.305 e. The number of nitro groups is 1. The fourth-order valence-corrected chi connectivity index (χ4v) is 2.88. The molecular formula is C18H18N4O4. The van der Waals surface area contributed by atoms with Gasteiger partial charge in [0, 0.05) is 30.2 Å². The second-order valence-electron chi connectivity index (χ2n) is 5.92. The van der Waals surface area contributed by atoms with Crippen molar-refractivity contribution in [3.63, 3.8) is 0 Å². The number of aromatic nitrogens is 1. The summed E-state index contributed by atoms with van der Waals surface area (Å²) >= 11 is 0. The van der Waals surface area contributed by atoms with Crippen molar-refractivity contribution in [2.24, 2.45) is 0 Å². The number of pyridine rings is 1. The number of anilines is 1. The third-order valence-electron chi connectivity index (χ3n) is 4.02. The number of ether oxygens (including phenoxy) is 2. The van der Waals surface area contributed by atoms with Crippen LogP contribution < -0.4 is 14.8 Å². The van der Waals surface area contributed by atoms with E-state index in [0.29, 0.717) is 19.0 Å². The van der Waals surface area contributed by atoms with E-state index in [1.54, 1.807) is 6.07 Å². The molecule has 0 radical (unpaired) electrons. The third kappa shape index (κ3) is 3.52. The topological polar surface area (TPSA) is 110 Å². The number of nitrogens with one attached hydrogen (secondary N) is 1. The zero-order valence-electron chi connectivity index (χ0n) is 14.5. The zero-order chi connectivity index (χ0) is 18.7. The first-order chi connectivity index (χ1) is 12.5. The first-order valence-electron chi connectivity index (χ1n) is 8.26. The van der Waals surface area contributed by atoms with Gasteiger partial charge < -0.3 is 14.8 Å². The molecule has 0 fully saturated rings. The largest absolute Gasteiger partial charge is 0.494 e. The van der Waals surface area contributed by atoms with Crippen molar-refractivity contribution < 1.29 is 14.4 Å². The molecule has 1 aromatic heterocycles. The predicted octanol–water partition coefficient (Wildman–Crippen LogP) is 3.20. The summed E-state index contributed by atoms with van der Waals surface area (Å²) in [6.07, 6.45) is 0.982. The normalized spacial score (nSPS) is 14.9. The lowest BCUT2D eigenvalue weighted by atomic mass is 10.1. The molecular weight excluding hydrogens is 336 g/mol. The third-order valence-corrected chi connectivity index (χ3v) is 4.02. The van der Waals surface area contributed by atoms with Crippen LogP contribution in [0.15, 0.2) is 24.3 Å². The number of benzene rings is 1. The summed E-state index contributed by atoms with van der Waals surface area (Å²) in [5.74, 6) is 1.98. The van der Waals surface area contributed by atoms with Gasteiger partial charge in [-0.25, -0.2) is 4.98 Å². The lowest BCUT2D eigenvalue weighted by molar-refractivity contribution is -0.385. The van der Waals surface area contributed by atoms with Crippen LogP contribution in [0.25, 0.3) is 0 Å². The Labute approximate surface area is 150 Å². The fraction of sp³-hybridized carbons (Fsp3) is 0.333. The molecule has 0 amide bonds. The van der Waals surface area contributed by atoms with Gasteiger partial charge in [-0.2, -0.15) is 5.26 Å². The summed E-state index contributed by atoms with van der Waals surface area (Å²) in [6.45, 7) is 4.86. The Balaban J connectivity index is 1.82. The Hall–Kier alpha value is -3.34. The van der Waals surface area contributed by atoms with Gasteiger partial charge in [0.05, 0.1) is 11.5 Å². The first kappa shape index (κ1) is 17.5. The van der Waals surface area contributed by atoms with Crippen molar-refractivity contribution in [1.82, 2.24) is 4.98 Å². The molecule has 0 aliphatic carbocycles. The van der Waals surface area contributed by atoms with E-state index >= 15 is 0 Å². The Kier molecular flexibility index (Phi) is 4.89. The molecule has 1 unspecified atom stereocenters. The monoisotopic (exact) mass is 354 g/mol. The molecule has 2 heterocycles. The van der Waals surface area contributed by atoms with E-state index in [2.05, 4.69) is 10.3 Å². The highest BCUT2D eigenvalue weighted by Crippen LogP contribution is 2.35. The minimum absolute atomic E-state index is 0.136. The molecule has 8 nitrogen and oxygen atoms in total. The summed E-state index contributed by atoms with van der Waals surface area (Å²) in [4.78, 5) is 14.3. The summed E-state index contributed by atoms with van der Waals surface area (Å²) in [5.41, 5.74) is 1.47. The van der Waals surface area contributed by atoms with Crippen LogP contribution in [0.5, 0.6) is 11.5 Å². The van der Waals surface area contributed by atoms with Gasteiger partial charge in [-0.15, -0.1) is 0 Å². The van der Waals surface area contributed by atoms with Crippen molar-refractivity contribution in [2.75, 3.05) is 11.9 Å². The van der Waals surface area contributed by atoms with Crippen LogP contribution in [0.4, 0.5) is 11.5 Å². The maximum absolute atomic E-state index is 10.9. The quantitative estimate of drug-likeness (QED) is 0.626. The molecule has 1 N–H and O–H groups in total. The van der Waals surface area contributed by atoms with E-state index in [1.165, 1.54) is 12.1 Å². The standard InChI is InChI=1S/C18H18N4O4/c1-3-25-16-7-12-6-11(2)26-17(12)8-13(16)10-20-18-5-4-15(22(23)24)14(9-19)21-18/h4-5,7-8,11H,3,6,10H2,1-2H3,(H,20,21). The molecule has 1 atom stereocenters. The van der Waals surface area contributed by atoms with Crippen LogP contribution in [-0.2, 0) is 13.0 Å². The average molecular weight is 354 g/mol. The van der Waals surface area contributed by atoms with E-state index < -0.39 is 4.92 Å². The van der Waals surface area contributed by atoms with Crippen molar-refractivity contribution >= 4 is 11.5 Å².